The number of carboxylic acids is 2. The van der Waals surface area contributed by atoms with Crippen molar-refractivity contribution < 1.29 is 24.6 Å². The second-order valence-electron chi connectivity index (χ2n) is 3.40. The first-order chi connectivity index (χ1) is 8.25. The lowest BCUT2D eigenvalue weighted by Gasteiger charge is -2.21. The zero-order valence-electron chi connectivity index (χ0n) is 9.37. The molecule has 0 saturated carbocycles. The van der Waals surface area contributed by atoms with Gasteiger partial charge in [0.1, 0.15) is 6.04 Å². The van der Waals surface area contributed by atoms with E-state index in [1.807, 2.05) is 0 Å². The highest BCUT2D eigenvalue weighted by molar-refractivity contribution is 8.76. The largest absolute Gasteiger partial charge is 0.480 e. The number of Topliss-reactive ketones (excluding diaryl/α,β-unsaturated/α-hetero) is 1. The molecule has 0 fully saturated rings. The van der Waals surface area contributed by atoms with E-state index in [-0.39, 0.29) is 11.5 Å². The first-order valence-electron chi connectivity index (χ1n) is 4.74. The zero-order chi connectivity index (χ0) is 14.3. The fraction of sp³-hybridized carbons (Fsp3) is 0.625. The first kappa shape index (κ1) is 17.2. The monoisotopic (exact) mass is 297 g/mol. The maximum atomic E-state index is 11.3. The van der Waals surface area contributed by atoms with E-state index in [1.54, 1.807) is 0 Å². The summed E-state index contributed by atoms with van der Waals surface area (Å²) in [6.07, 6.45) is 0. The van der Waals surface area contributed by atoms with Crippen molar-refractivity contribution in [2.45, 2.75) is 11.6 Å². The fourth-order valence-electron chi connectivity index (χ4n) is 0.771. The average Bonchev–Trinajstić information content (AvgIpc) is 2.32. The molecule has 2 unspecified atom stereocenters. The predicted octanol–water partition coefficient (Wildman–Crippen LogP) is -1.91. The van der Waals surface area contributed by atoms with E-state index in [0.29, 0.717) is 0 Å². The van der Waals surface area contributed by atoms with Crippen molar-refractivity contribution in [3.05, 3.63) is 0 Å². The molecule has 8 N–H and O–H groups in total. The van der Waals surface area contributed by atoms with Gasteiger partial charge in [-0.05, 0) is 0 Å². The predicted molar refractivity (Wildman–Crippen MR) is 69.1 cm³/mol. The van der Waals surface area contributed by atoms with Crippen molar-refractivity contribution in [1.29, 1.82) is 0 Å². The molecule has 0 aromatic carbocycles. The molecule has 0 spiro atoms. The minimum Gasteiger partial charge on any atom is -0.480 e. The summed E-state index contributed by atoms with van der Waals surface area (Å²) < 4.78 is 0. The van der Waals surface area contributed by atoms with E-state index in [1.165, 1.54) is 0 Å². The molecule has 0 aliphatic heterocycles. The molecule has 0 radical (unpaired) electrons. The van der Waals surface area contributed by atoms with Gasteiger partial charge in [0.2, 0.25) is 0 Å². The summed E-state index contributed by atoms with van der Waals surface area (Å²) in [5, 5.41) is 17.4. The molecule has 0 amide bonds. The number of hydrogen-bond acceptors (Lipinski definition) is 8. The number of carbonyl (C=O) groups excluding carboxylic acids is 1. The number of carbonyl (C=O) groups is 3. The SMILES string of the molecule is NCC(=O)C(N)(CSSCC(N)C(=O)O)C(=O)O. The summed E-state index contributed by atoms with van der Waals surface area (Å²) >= 11 is 0. The fourth-order valence-corrected chi connectivity index (χ4v) is 3.25. The van der Waals surface area contributed by atoms with E-state index in [0.717, 1.165) is 21.6 Å². The van der Waals surface area contributed by atoms with Crippen molar-refractivity contribution in [2.24, 2.45) is 17.2 Å². The Morgan fingerprint density at radius 1 is 1.22 bits per heavy atom. The molecule has 104 valence electrons. The Kier molecular flexibility index (Phi) is 7.25. The Hall–Kier alpha value is -0.810. The van der Waals surface area contributed by atoms with Crippen LogP contribution < -0.4 is 17.2 Å². The number of rotatable bonds is 9. The molecule has 2 atom stereocenters. The maximum Gasteiger partial charge on any atom is 0.332 e. The summed E-state index contributed by atoms with van der Waals surface area (Å²) in [5.74, 6) is -3.54. The highest BCUT2D eigenvalue weighted by Crippen LogP contribution is 2.25. The lowest BCUT2D eigenvalue weighted by molar-refractivity contribution is -0.146. The third kappa shape index (κ3) is 4.82. The molecular formula is C8H15N3O5S2. The van der Waals surface area contributed by atoms with Crippen molar-refractivity contribution in [1.82, 2.24) is 0 Å². The van der Waals surface area contributed by atoms with E-state index in [9.17, 15) is 14.4 Å². The second-order valence-corrected chi connectivity index (χ2v) is 5.90. The van der Waals surface area contributed by atoms with Gasteiger partial charge in [-0.2, -0.15) is 0 Å². The maximum absolute atomic E-state index is 11.3. The molecule has 0 aromatic rings. The minimum absolute atomic E-state index is 0.0759. The lowest BCUT2D eigenvalue weighted by Crippen LogP contribution is -2.59. The standard InChI is InChI=1S/C8H15N3O5S2/c9-1-5(12)8(11,7(15)16)3-18-17-2-4(10)6(13)14/h4H,1-3,9-11H2,(H,13,14)(H,15,16). The van der Waals surface area contributed by atoms with Gasteiger partial charge in [-0.25, -0.2) is 4.79 Å². The van der Waals surface area contributed by atoms with Gasteiger partial charge in [-0.1, -0.05) is 21.6 Å². The van der Waals surface area contributed by atoms with Crippen LogP contribution in [-0.2, 0) is 14.4 Å². The number of aliphatic carboxylic acids is 2. The summed E-state index contributed by atoms with van der Waals surface area (Å²) in [4.78, 5) is 32.7. The highest BCUT2D eigenvalue weighted by Gasteiger charge is 2.41. The molecule has 0 aromatic heterocycles. The van der Waals surface area contributed by atoms with Gasteiger partial charge in [0.15, 0.2) is 11.3 Å². The Morgan fingerprint density at radius 2 is 1.78 bits per heavy atom. The van der Waals surface area contributed by atoms with E-state index < -0.39 is 35.8 Å². The molecule has 18 heavy (non-hydrogen) atoms. The molecule has 0 bridgehead atoms. The molecule has 0 saturated heterocycles. The van der Waals surface area contributed by atoms with Crippen LogP contribution in [0.4, 0.5) is 0 Å². The Bertz CT molecular complexity index is 341. The number of carboxylic acid groups (broad SMARTS) is 2. The summed E-state index contributed by atoms with van der Waals surface area (Å²) in [7, 11) is 2.01. The van der Waals surface area contributed by atoms with Crippen LogP contribution in [0, 0.1) is 0 Å². The molecule has 0 heterocycles. The number of nitrogens with two attached hydrogens (primary N) is 3. The molecule has 10 heteroatoms. The first-order valence-corrected chi connectivity index (χ1v) is 7.23. The van der Waals surface area contributed by atoms with Crippen molar-refractivity contribution in [3.8, 4) is 0 Å². The van der Waals surface area contributed by atoms with Gasteiger partial charge >= 0.3 is 11.9 Å². The third-order valence-corrected chi connectivity index (χ3v) is 4.50. The smallest absolute Gasteiger partial charge is 0.332 e. The van der Waals surface area contributed by atoms with Crippen molar-refractivity contribution in [2.75, 3.05) is 18.1 Å². The molecule has 0 aliphatic carbocycles. The number of hydrogen-bond donors (Lipinski definition) is 5. The van der Waals surface area contributed by atoms with Crippen LogP contribution in [0.15, 0.2) is 0 Å². The summed E-state index contributed by atoms with van der Waals surface area (Å²) in [6, 6.07) is -1.05. The topological polar surface area (TPSA) is 170 Å². The minimum atomic E-state index is -2.06. The Balaban J connectivity index is 4.27. The molecule has 8 nitrogen and oxygen atoms in total. The highest BCUT2D eigenvalue weighted by atomic mass is 33.1. The van der Waals surface area contributed by atoms with Crippen LogP contribution in [0.1, 0.15) is 0 Å². The van der Waals surface area contributed by atoms with Crippen LogP contribution in [0.25, 0.3) is 0 Å². The zero-order valence-corrected chi connectivity index (χ0v) is 11.0. The van der Waals surface area contributed by atoms with Crippen molar-refractivity contribution in [3.63, 3.8) is 0 Å². The van der Waals surface area contributed by atoms with Gasteiger partial charge in [-0.15, -0.1) is 0 Å². The van der Waals surface area contributed by atoms with Crippen LogP contribution in [0.5, 0.6) is 0 Å². The average molecular weight is 297 g/mol. The van der Waals surface area contributed by atoms with Crippen LogP contribution in [0.3, 0.4) is 0 Å². The Morgan fingerprint density at radius 3 is 2.17 bits per heavy atom. The summed E-state index contributed by atoms with van der Waals surface area (Å²) in [6.45, 7) is -0.470. The van der Waals surface area contributed by atoms with E-state index >= 15 is 0 Å². The van der Waals surface area contributed by atoms with Crippen LogP contribution in [-0.4, -0.2) is 57.6 Å². The third-order valence-electron chi connectivity index (χ3n) is 2.00. The molecular weight excluding hydrogens is 282 g/mol. The van der Waals surface area contributed by atoms with Gasteiger partial charge in [0, 0.05) is 11.5 Å². The van der Waals surface area contributed by atoms with Gasteiger partial charge in [-0.3, -0.25) is 9.59 Å². The lowest BCUT2D eigenvalue weighted by atomic mass is 9.98. The van der Waals surface area contributed by atoms with E-state index in [2.05, 4.69) is 0 Å². The molecule has 0 rings (SSSR count). The van der Waals surface area contributed by atoms with Gasteiger partial charge < -0.3 is 27.4 Å². The normalized spacial score (nSPS) is 15.7. The van der Waals surface area contributed by atoms with Gasteiger partial charge in [0.25, 0.3) is 0 Å². The summed E-state index contributed by atoms with van der Waals surface area (Å²) in [5.41, 5.74) is 13.7. The second kappa shape index (κ2) is 7.59. The van der Waals surface area contributed by atoms with Crippen LogP contribution in [0.2, 0.25) is 0 Å². The number of ketones is 1. The van der Waals surface area contributed by atoms with Crippen LogP contribution >= 0.6 is 21.6 Å². The van der Waals surface area contributed by atoms with Gasteiger partial charge in [0.05, 0.1) is 6.54 Å². The molecule has 0 aliphatic rings. The Labute approximate surface area is 111 Å². The van der Waals surface area contributed by atoms with Crippen molar-refractivity contribution >= 4 is 39.3 Å². The van der Waals surface area contributed by atoms with E-state index in [4.69, 9.17) is 27.4 Å². The quantitative estimate of drug-likeness (QED) is 0.184.